The molecule has 0 aliphatic carbocycles. The number of hydrogen-bond donors (Lipinski definition) is 2. The molecule has 2 aromatic carbocycles. The minimum absolute atomic E-state index is 0.132. The van der Waals surface area contributed by atoms with Gasteiger partial charge in [-0.2, -0.15) is 0 Å². The Kier molecular flexibility index (Phi) is 3.49. The van der Waals surface area contributed by atoms with Gasteiger partial charge in [-0.15, -0.1) is 0 Å². The van der Waals surface area contributed by atoms with Crippen molar-refractivity contribution in [1.82, 2.24) is 19.5 Å². The zero-order valence-electron chi connectivity index (χ0n) is 13.3. The Hall–Kier alpha value is -3.15. The highest BCUT2D eigenvalue weighted by molar-refractivity contribution is 5.78. The van der Waals surface area contributed by atoms with Crippen LogP contribution in [0.15, 0.2) is 53.3 Å². The number of aromatic nitrogens is 4. The summed E-state index contributed by atoms with van der Waals surface area (Å²) in [5, 5.41) is 3.79. The van der Waals surface area contributed by atoms with Crippen molar-refractivity contribution in [3.05, 3.63) is 64.7 Å². The van der Waals surface area contributed by atoms with Crippen LogP contribution in [0.4, 0.5) is 5.95 Å². The zero-order chi connectivity index (χ0) is 16.5. The number of nitrogens with one attached hydrogen (secondary N) is 2. The van der Waals surface area contributed by atoms with Gasteiger partial charge < -0.3 is 9.88 Å². The summed E-state index contributed by atoms with van der Waals surface area (Å²) in [5.41, 5.74) is 2.66. The van der Waals surface area contributed by atoms with Crippen LogP contribution in [-0.2, 0) is 6.54 Å². The molecule has 2 heterocycles. The minimum Gasteiger partial charge on any atom is -0.354 e. The molecular formula is C18H17N5O. The van der Waals surface area contributed by atoms with E-state index < -0.39 is 0 Å². The van der Waals surface area contributed by atoms with Crippen molar-refractivity contribution in [2.45, 2.75) is 13.5 Å². The molecule has 24 heavy (non-hydrogen) atoms. The van der Waals surface area contributed by atoms with E-state index in [1.165, 1.54) is 0 Å². The van der Waals surface area contributed by atoms with Crippen molar-refractivity contribution in [2.75, 3.05) is 11.9 Å². The van der Waals surface area contributed by atoms with Crippen LogP contribution in [0.1, 0.15) is 5.82 Å². The third kappa shape index (κ3) is 2.52. The first-order chi connectivity index (χ1) is 11.7. The maximum atomic E-state index is 12.1. The predicted molar refractivity (Wildman–Crippen MR) is 95.3 cm³/mol. The number of fused-ring (bicyclic) bond motifs is 2. The van der Waals surface area contributed by atoms with Gasteiger partial charge in [-0.25, -0.2) is 9.97 Å². The molecule has 2 aromatic heterocycles. The lowest BCUT2D eigenvalue weighted by Crippen LogP contribution is -2.17. The maximum Gasteiger partial charge on any atom is 0.260 e. The van der Waals surface area contributed by atoms with Crippen molar-refractivity contribution in [3.8, 4) is 0 Å². The van der Waals surface area contributed by atoms with Crippen LogP contribution in [0.5, 0.6) is 0 Å². The van der Waals surface area contributed by atoms with Crippen LogP contribution in [0.3, 0.4) is 0 Å². The number of anilines is 1. The first-order valence-corrected chi connectivity index (χ1v) is 7.87. The topological polar surface area (TPSA) is 75.6 Å². The monoisotopic (exact) mass is 319 g/mol. The lowest BCUT2D eigenvalue weighted by molar-refractivity contribution is 0.718. The molecule has 6 heteroatoms. The first kappa shape index (κ1) is 14.4. The fourth-order valence-corrected chi connectivity index (χ4v) is 2.93. The summed E-state index contributed by atoms with van der Waals surface area (Å²) in [5.74, 6) is 1.46. The van der Waals surface area contributed by atoms with Gasteiger partial charge in [-0.3, -0.25) is 9.78 Å². The third-order valence-electron chi connectivity index (χ3n) is 4.09. The zero-order valence-corrected chi connectivity index (χ0v) is 13.3. The number of para-hydroxylation sites is 3. The number of rotatable bonds is 4. The number of hydrogen-bond acceptors (Lipinski definition) is 4. The molecule has 4 rings (SSSR count). The van der Waals surface area contributed by atoms with Gasteiger partial charge in [-0.1, -0.05) is 24.3 Å². The Labute approximate surface area is 138 Å². The van der Waals surface area contributed by atoms with Crippen LogP contribution in [0, 0.1) is 6.92 Å². The number of H-pyrrole nitrogens is 1. The fourth-order valence-electron chi connectivity index (χ4n) is 2.93. The van der Waals surface area contributed by atoms with E-state index in [0.29, 0.717) is 23.4 Å². The Morgan fingerprint density at radius 1 is 1.04 bits per heavy atom. The molecule has 0 unspecified atom stereocenters. The van der Waals surface area contributed by atoms with Gasteiger partial charge in [-0.05, 0) is 31.2 Å². The van der Waals surface area contributed by atoms with E-state index in [1.807, 2.05) is 43.3 Å². The van der Waals surface area contributed by atoms with Crippen LogP contribution in [-0.4, -0.2) is 26.1 Å². The summed E-state index contributed by atoms with van der Waals surface area (Å²) < 4.78 is 2.15. The molecule has 0 spiro atoms. The largest absolute Gasteiger partial charge is 0.354 e. The summed E-state index contributed by atoms with van der Waals surface area (Å²) in [4.78, 5) is 23.9. The fraction of sp³-hybridized carbons (Fsp3) is 0.167. The van der Waals surface area contributed by atoms with E-state index in [0.717, 1.165) is 23.4 Å². The lowest BCUT2D eigenvalue weighted by atomic mass is 10.2. The Bertz CT molecular complexity index is 1080. The summed E-state index contributed by atoms with van der Waals surface area (Å²) in [6.07, 6.45) is 0. The molecular weight excluding hydrogens is 302 g/mol. The molecule has 0 atom stereocenters. The van der Waals surface area contributed by atoms with Crippen LogP contribution in [0.25, 0.3) is 21.9 Å². The number of aromatic amines is 1. The van der Waals surface area contributed by atoms with E-state index >= 15 is 0 Å². The van der Waals surface area contributed by atoms with E-state index in [1.54, 1.807) is 6.07 Å². The van der Waals surface area contributed by atoms with Crippen molar-refractivity contribution in [2.24, 2.45) is 0 Å². The molecule has 0 fully saturated rings. The van der Waals surface area contributed by atoms with Gasteiger partial charge in [0.05, 0.1) is 21.9 Å². The standard InChI is InChI=1S/C18H17N5O/c1-12-20-15-8-4-5-9-16(15)23(12)11-10-19-18-21-14-7-3-2-6-13(14)17(24)22-18/h2-9H,10-11H2,1H3,(H2,19,21,22,24). The molecule has 0 saturated heterocycles. The van der Waals surface area contributed by atoms with Crippen LogP contribution < -0.4 is 10.9 Å². The molecule has 0 aliphatic rings. The minimum atomic E-state index is -0.132. The Balaban J connectivity index is 1.55. The van der Waals surface area contributed by atoms with Crippen molar-refractivity contribution in [3.63, 3.8) is 0 Å². The van der Waals surface area contributed by atoms with E-state index in [9.17, 15) is 4.79 Å². The van der Waals surface area contributed by atoms with Crippen LogP contribution >= 0.6 is 0 Å². The lowest BCUT2D eigenvalue weighted by Gasteiger charge is -2.09. The SMILES string of the molecule is Cc1nc2ccccc2n1CCNc1nc2ccccc2c(=O)[nH]1. The van der Waals surface area contributed by atoms with Gasteiger partial charge in [0.25, 0.3) is 5.56 Å². The molecule has 2 N–H and O–H groups in total. The van der Waals surface area contributed by atoms with Gasteiger partial charge in [0.1, 0.15) is 5.82 Å². The first-order valence-electron chi connectivity index (χ1n) is 7.87. The Morgan fingerprint density at radius 2 is 1.79 bits per heavy atom. The molecule has 6 nitrogen and oxygen atoms in total. The van der Waals surface area contributed by atoms with Crippen LogP contribution in [0.2, 0.25) is 0 Å². The highest BCUT2D eigenvalue weighted by Gasteiger charge is 2.07. The highest BCUT2D eigenvalue weighted by Crippen LogP contribution is 2.15. The second kappa shape index (κ2) is 5.81. The average Bonchev–Trinajstić information content (AvgIpc) is 2.91. The number of aryl methyl sites for hydroxylation is 1. The number of imidazole rings is 1. The molecule has 0 saturated carbocycles. The summed E-state index contributed by atoms with van der Waals surface area (Å²) >= 11 is 0. The summed E-state index contributed by atoms with van der Waals surface area (Å²) in [7, 11) is 0. The molecule has 0 bridgehead atoms. The molecule has 0 amide bonds. The molecule has 0 aliphatic heterocycles. The van der Waals surface area contributed by atoms with Crippen molar-refractivity contribution >= 4 is 27.9 Å². The molecule has 4 aromatic rings. The normalized spacial score (nSPS) is 11.2. The maximum absolute atomic E-state index is 12.1. The second-order valence-corrected chi connectivity index (χ2v) is 5.66. The van der Waals surface area contributed by atoms with Gasteiger partial charge in [0.15, 0.2) is 0 Å². The Morgan fingerprint density at radius 3 is 2.67 bits per heavy atom. The molecule has 120 valence electrons. The van der Waals surface area contributed by atoms with E-state index in [2.05, 4.69) is 30.9 Å². The second-order valence-electron chi connectivity index (χ2n) is 5.66. The summed E-state index contributed by atoms with van der Waals surface area (Å²) in [6.45, 7) is 3.38. The average molecular weight is 319 g/mol. The highest BCUT2D eigenvalue weighted by atomic mass is 16.1. The van der Waals surface area contributed by atoms with Gasteiger partial charge in [0.2, 0.25) is 5.95 Å². The van der Waals surface area contributed by atoms with E-state index in [4.69, 9.17) is 0 Å². The molecule has 0 radical (unpaired) electrons. The van der Waals surface area contributed by atoms with Crippen molar-refractivity contribution < 1.29 is 0 Å². The smallest absolute Gasteiger partial charge is 0.260 e. The quantitative estimate of drug-likeness (QED) is 0.606. The van der Waals surface area contributed by atoms with Gasteiger partial charge in [0, 0.05) is 13.1 Å². The number of benzene rings is 2. The third-order valence-corrected chi connectivity index (χ3v) is 4.09. The summed E-state index contributed by atoms with van der Waals surface area (Å²) in [6, 6.07) is 15.4. The van der Waals surface area contributed by atoms with Crippen molar-refractivity contribution in [1.29, 1.82) is 0 Å². The van der Waals surface area contributed by atoms with E-state index in [-0.39, 0.29) is 5.56 Å². The van der Waals surface area contributed by atoms with Gasteiger partial charge >= 0.3 is 0 Å². The predicted octanol–water partition coefficient (Wildman–Crippen LogP) is 2.69. The number of nitrogens with zero attached hydrogens (tertiary/aromatic N) is 3.